The van der Waals surface area contributed by atoms with Crippen LogP contribution in [-0.2, 0) is 0 Å². The lowest BCUT2D eigenvalue weighted by Crippen LogP contribution is -2.04. The number of benzene rings is 1. The van der Waals surface area contributed by atoms with Crippen LogP contribution in [0.1, 0.15) is 19.0 Å². The van der Waals surface area contributed by atoms with Gasteiger partial charge < -0.3 is 5.32 Å². The van der Waals surface area contributed by atoms with E-state index in [1.807, 2.05) is 13.8 Å². The van der Waals surface area contributed by atoms with Crippen molar-refractivity contribution in [3.05, 3.63) is 41.6 Å². The normalized spacial score (nSPS) is 10.5. The molecule has 0 saturated carbocycles. The highest BCUT2D eigenvalue weighted by molar-refractivity contribution is 5.57. The number of aryl methyl sites for hydroxylation is 1. The van der Waals surface area contributed by atoms with E-state index in [4.69, 9.17) is 0 Å². The second-order valence-electron chi connectivity index (χ2n) is 4.30. The minimum Gasteiger partial charge on any atom is -0.370 e. The molecule has 0 radical (unpaired) electrons. The van der Waals surface area contributed by atoms with Crippen LogP contribution in [0.25, 0.3) is 11.4 Å². The first-order valence-electron chi connectivity index (χ1n) is 6.14. The van der Waals surface area contributed by atoms with Gasteiger partial charge in [0.05, 0.1) is 0 Å². The van der Waals surface area contributed by atoms with Gasteiger partial charge in [-0.25, -0.2) is 18.7 Å². The van der Waals surface area contributed by atoms with Crippen LogP contribution in [0.5, 0.6) is 0 Å². The zero-order chi connectivity index (χ0) is 13.8. The maximum atomic E-state index is 13.2. The molecule has 1 N–H and O–H groups in total. The molecule has 5 heteroatoms. The van der Waals surface area contributed by atoms with Crippen LogP contribution >= 0.6 is 0 Å². The summed E-state index contributed by atoms with van der Waals surface area (Å²) in [5.41, 5.74) is 1.08. The van der Waals surface area contributed by atoms with Crippen molar-refractivity contribution >= 4 is 5.82 Å². The average molecular weight is 263 g/mol. The van der Waals surface area contributed by atoms with Gasteiger partial charge >= 0.3 is 0 Å². The highest BCUT2D eigenvalue weighted by Gasteiger charge is 2.08. The summed E-state index contributed by atoms with van der Waals surface area (Å²) >= 11 is 0. The van der Waals surface area contributed by atoms with E-state index in [2.05, 4.69) is 15.3 Å². The zero-order valence-electron chi connectivity index (χ0n) is 10.9. The van der Waals surface area contributed by atoms with Crippen molar-refractivity contribution in [1.29, 1.82) is 0 Å². The number of hydrogen-bond acceptors (Lipinski definition) is 3. The molecule has 0 aliphatic heterocycles. The number of nitrogens with one attached hydrogen (secondary N) is 1. The fraction of sp³-hybridized carbons (Fsp3) is 0.286. The predicted molar refractivity (Wildman–Crippen MR) is 70.9 cm³/mol. The minimum atomic E-state index is -0.636. The minimum absolute atomic E-state index is 0.317. The summed E-state index contributed by atoms with van der Waals surface area (Å²) in [6.45, 7) is 4.65. The molecular formula is C14H15F2N3. The third-order valence-electron chi connectivity index (χ3n) is 2.53. The van der Waals surface area contributed by atoms with Gasteiger partial charge in [-0.2, -0.15) is 0 Å². The Morgan fingerprint density at radius 1 is 1.05 bits per heavy atom. The molecule has 3 nitrogen and oxygen atoms in total. The molecule has 0 spiro atoms. The average Bonchev–Trinajstić information content (AvgIpc) is 2.34. The van der Waals surface area contributed by atoms with E-state index in [1.54, 1.807) is 6.07 Å². The highest BCUT2D eigenvalue weighted by Crippen LogP contribution is 2.20. The van der Waals surface area contributed by atoms with Crippen LogP contribution in [0.4, 0.5) is 14.6 Å². The fourth-order valence-electron chi connectivity index (χ4n) is 1.72. The number of nitrogens with zero attached hydrogens (tertiary/aromatic N) is 2. The Balaban J connectivity index is 2.40. The molecule has 2 aromatic rings. The molecular weight excluding hydrogens is 248 g/mol. The largest absolute Gasteiger partial charge is 0.370 e. The van der Waals surface area contributed by atoms with Crippen LogP contribution in [-0.4, -0.2) is 16.5 Å². The van der Waals surface area contributed by atoms with Crippen molar-refractivity contribution in [3.63, 3.8) is 0 Å². The lowest BCUT2D eigenvalue weighted by molar-refractivity contribution is 0.584. The van der Waals surface area contributed by atoms with Gasteiger partial charge in [-0.1, -0.05) is 6.92 Å². The van der Waals surface area contributed by atoms with Crippen LogP contribution in [0.3, 0.4) is 0 Å². The monoisotopic (exact) mass is 263 g/mol. The number of aromatic nitrogens is 2. The number of hydrogen-bond donors (Lipinski definition) is 1. The number of halogens is 2. The summed E-state index contributed by atoms with van der Waals surface area (Å²) in [4.78, 5) is 8.48. The summed E-state index contributed by atoms with van der Waals surface area (Å²) in [5.74, 6) is -0.294. The van der Waals surface area contributed by atoms with E-state index in [0.717, 1.165) is 24.7 Å². The Morgan fingerprint density at radius 2 is 1.74 bits per heavy atom. The molecule has 0 fully saturated rings. The number of anilines is 1. The molecule has 1 aromatic heterocycles. The van der Waals surface area contributed by atoms with Crippen LogP contribution < -0.4 is 5.32 Å². The predicted octanol–water partition coefficient (Wildman–Crippen LogP) is 3.55. The molecule has 0 aliphatic rings. The standard InChI is InChI=1S/C14H15F2N3/c1-3-4-17-13-5-9(2)18-14(19-13)10-6-11(15)8-12(16)7-10/h5-8H,3-4H2,1-2H3,(H,17,18,19). The molecule has 0 unspecified atom stereocenters. The lowest BCUT2D eigenvalue weighted by atomic mass is 10.2. The molecule has 19 heavy (non-hydrogen) atoms. The molecule has 1 aromatic carbocycles. The van der Waals surface area contributed by atoms with Gasteiger partial charge in [-0.3, -0.25) is 0 Å². The molecule has 0 atom stereocenters. The second kappa shape index (κ2) is 5.73. The summed E-state index contributed by atoms with van der Waals surface area (Å²) < 4.78 is 26.4. The first kappa shape index (κ1) is 13.4. The second-order valence-corrected chi connectivity index (χ2v) is 4.30. The molecule has 1 heterocycles. The Morgan fingerprint density at radius 3 is 2.37 bits per heavy atom. The van der Waals surface area contributed by atoms with Crippen molar-refractivity contribution in [2.75, 3.05) is 11.9 Å². The van der Waals surface area contributed by atoms with Gasteiger partial charge in [0.1, 0.15) is 17.5 Å². The van der Waals surface area contributed by atoms with Gasteiger partial charge in [-0.05, 0) is 25.5 Å². The van der Waals surface area contributed by atoms with Gasteiger partial charge in [0.2, 0.25) is 0 Å². The first-order valence-corrected chi connectivity index (χ1v) is 6.14. The van der Waals surface area contributed by atoms with Gasteiger partial charge in [-0.15, -0.1) is 0 Å². The molecule has 0 amide bonds. The topological polar surface area (TPSA) is 37.8 Å². The van der Waals surface area contributed by atoms with Crippen molar-refractivity contribution < 1.29 is 8.78 Å². The van der Waals surface area contributed by atoms with E-state index in [1.165, 1.54) is 12.1 Å². The fourth-order valence-corrected chi connectivity index (χ4v) is 1.72. The van der Waals surface area contributed by atoms with E-state index >= 15 is 0 Å². The maximum Gasteiger partial charge on any atom is 0.161 e. The molecule has 0 bridgehead atoms. The van der Waals surface area contributed by atoms with E-state index < -0.39 is 11.6 Å². The number of rotatable bonds is 4. The molecule has 2 rings (SSSR count). The Hall–Kier alpha value is -2.04. The van der Waals surface area contributed by atoms with Gasteiger partial charge in [0.25, 0.3) is 0 Å². The Labute approximate surface area is 110 Å². The summed E-state index contributed by atoms with van der Waals surface area (Å²) in [6, 6.07) is 5.08. The SMILES string of the molecule is CCCNc1cc(C)nc(-c2cc(F)cc(F)c2)n1. The van der Waals surface area contributed by atoms with Crippen molar-refractivity contribution in [3.8, 4) is 11.4 Å². The van der Waals surface area contributed by atoms with E-state index in [9.17, 15) is 8.78 Å². The van der Waals surface area contributed by atoms with Crippen molar-refractivity contribution in [2.45, 2.75) is 20.3 Å². The summed E-state index contributed by atoms with van der Waals surface area (Å²) in [6.07, 6.45) is 0.965. The Kier molecular flexibility index (Phi) is 4.04. The smallest absolute Gasteiger partial charge is 0.161 e. The summed E-state index contributed by atoms with van der Waals surface area (Å²) in [7, 11) is 0. The highest BCUT2D eigenvalue weighted by atomic mass is 19.1. The maximum absolute atomic E-state index is 13.2. The summed E-state index contributed by atoms with van der Waals surface area (Å²) in [5, 5.41) is 3.14. The van der Waals surface area contributed by atoms with Gasteiger partial charge in [0.15, 0.2) is 5.82 Å². The van der Waals surface area contributed by atoms with Crippen LogP contribution in [0.2, 0.25) is 0 Å². The van der Waals surface area contributed by atoms with Crippen LogP contribution in [0, 0.1) is 18.6 Å². The van der Waals surface area contributed by atoms with E-state index in [0.29, 0.717) is 17.2 Å². The third-order valence-corrected chi connectivity index (χ3v) is 2.53. The lowest BCUT2D eigenvalue weighted by Gasteiger charge is -2.08. The van der Waals surface area contributed by atoms with Crippen molar-refractivity contribution in [2.24, 2.45) is 0 Å². The molecule has 100 valence electrons. The molecule has 0 saturated heterocycles. The van der Waals surface area contributed by atoms with Crippen LogP contribution in [0.15, 0.2) is 24.3 Å². The van der Waals surface area contributed by atoms with Gasteiger partial charge in [0, 0.05) is 29.9 Å². The first-order chi connectivity index (χ1) is 9.08. The van der Waals surface area contributed by atoms with Crippen molar-refractivity contribution in [1.82, 2.24) is 9.97 Å². The van der Waals surface area contributed by atoms with E-state index in [-0.39, 0.29) is 0 Å². The quantitative estimate of drug-likeness (QED) is 0.916. The third kappa shape index (κ3) is 3.47. The zero-order valence-corrected chi connectivity index (χ0v) is 10.9. The Bertz CT molecular complexity index is 565. The molecule has 0 aliphatic carbocycles.